The van der Waals surface area contributed by atoms with Crippen LogP contribution in [-0.2, 0) is 12.5 Å². The van der Waals surface area contributed by atoms with Gasteiger partial charge in [0.1, 0.15) is 0 Å². The van der Waals surface area contributed by atoms with Crippen LogP contribution in [0.5, 0.6) is 0 Å². The third-order valence-electron chi connectivity index (χ3n) is 0. The molecule has 0 amide bonds. The first-order chi connectivity index (χ1) is 1.00. The molecular formula is GaLiOS. The molecule has 1 nitrogen and oxygen atoms in total. The Morgan fingerprint density at radius 1 is 1.25 bits per heavy atom. The molecule has 0 aromatic heterocycles. The van der Waals surface area contributed by atoms with Crippen LogP contribution in [0.25, 0.3) is 0 Å². The van der Waals surface area contributed by atoms with Gasteiger partial charge in [-0.05, 0) is 0 Å². The molecule has 0 heterocycles. The largest absolute Gasteiger partial charge is 0.197 e. The fourth-order valence-corrected chi connectivity index (χ4v) is 0. The van der Waals surface area contributed by atoms with E-state index in [1.165, 1.54) is 0 Å². The van der Waals surface area contributed by atoms with E-state index < -0.39 is 0 Å². The Kier molecular flexibility index (Phi) is 134. The minimum atomic E-state index is 0. The molecule has 0 fully saturated rings. The molecule has 16 valence electrons. The van der Waals surface area contributed by atoms with Gasteiger partial charge in [0.15, 0.2) is 12.5 Å². The molecule has 0 bridgehead atoms. The zero-order valence-electron chi connectivity index (χ0n) is 2.39. The molecule has 4 heavy (non-hydrogen) atoms. The van der Waals surface area contributed by atoms with E-state index in [2.05, 4.69) is 12.5 Å². The van der Waals surface area contributed by atoms with Crippen molar-refractivity contribution >= 4 is 51.2 Å². The second-order valence-electron chi connectivity index (χ2n) is 0. The Balaban J connectivity index is -0.00000000500. The smallest absolute Gasteiger partial charge is 0.197 e. The molecule has 4 radical (unpaired) electrons. The van der Waals surface area contributed by atoms with Crippen molar-refractivity contribution in [3.05, 3.63) is 0 Å². The topological polar surface area (TPSA) is 17.1 Å². The van der Waals surface area contributed by atoms with Crippen LogP contribution in [0.4, 0.5) is 0 Å². The van der Waals surface area contributed by atoms with Crippen molar-refractivity contribution in [2.45, 2.75) is 0 Å². The first-order valence-corrected chi connectivity index (χ1v) is 0.500. The van der Waals surface area contributed by atoms with E-state index in [4.69, 9.17) is 4.21 Å². The summed E-state index contributed by atoms with van der Waals surface area (Å²) in [6.07, 6.45) is 0. The predicted molar refractivity (Wildman–Crippen MR) is 19.7 cm³/mol. The van der Waals surface area contributed by atoms with Crippen molar-refractivity contribution < 1.29 is 4.21 Å². The van der Waals surface area contributed by atoms with Crippen LogP contribution < -0.4 is 0 Å². The second kappa shape index (κ2) is 28.6. The summed E-state index contributed by atoms with van der Waals surface area (Å²) in [4.78, 5) is 0. The number of hydrogen-bond acceptors (Lipinski definition) is 2. The standard InChI is InChI=1S/Ga.Li.OS/c;;1-2. The zero-order chi connectivity index (χ0) is 2.00. The molecule has 0 unspecified atom stereocenters. The zero-order valence-corrected chi connectivity index (χ0v) is 5.63. The third kappa shape index (κ3) is 10.5. The van der Waals surface area contributed by atoms with Gasteiger partial charge in [-0.1, -0.05) is 0 Å². The number of hydrogen-bond donors (Lipinski definition) is 0. The van der Waals surface area contributed by atoms with Crippen LogP contribution in [-0.4, -0.2) is 42.9 Å². The van der Waals surface area contributed by atoms with Crippen LogP contribution in [0.1, 0.15) is 0 Å². The van der Waals surface area contributed by atoms with Crippen LogP contribution in [0.3, 0.4) is 0 Å². The molecule has 0 aromatic rings. The van der Waals surface area contributed by atoms with Crippen LogP contribution in [0.2, 0.25) is 0 Å². The molecule has 0 aliphatic carbocycles. The van der Waals surface area contributed by atoms with Gasteiger partial charge in [-0.15, -0.1) is 0 Å². The van der Waals surface area contributed by atoms with Crippen molar-refractivity contribution in [3.8, 4) is 0 Å². The minimum absolute atomic E-state index is 0. The third-order valence-corrected chi connectivity index (χ3v) is 0. The summed E-state index contributed by atoms with van der Waals surface area (Å²) in [5, 5.41) is 0. The molecule has 0 spiro atoms. The molecule has 0 atom stereocenters. The Morgan fingerprint density at radius 3 is 1.25 bits per heavy atom. The first kappa shape index (κ1) is 18.7. The van der Waals surface area contributed by atoms with E-state index in [1.54, 1.807) is 0 Å². The second-order valence-corrected chi connectivity index (χ2v) is 0. The predicted octanol–water partition coefficient (Wildman–Crippen LogP) is -1.10. The van der Waals surface area contributed by atoms with Crippen molar-refractivity contribution in [1.29, 1.82) is 0 Å². The van der Waals surface area contributed by atoms with Crippen molar-refractivity contribution in [2.75, 3.05) is 0 Å². The fourth-order valence-electron chi connectivity index (χ4n) is 0. The molecule has 0 aromatic carbocycles. The molecule has 0 rings (SSSR count). The summed E-state index contributed by atoms with van der Waals surface area (Å²) in [7, 11) is 0. The van der Waals surface area contributed by atoms with Gasteiger partial charge in [0.2, 0.25) is 0 Å². The Bertz CT molecular complexity index is 8.00. The van der Waals surface area contributed by atoms with Crippen LogP contribution in [0, 0.1) is 0 Å². The first-order valence-electron chi connectivity index (χ1n) is 0.167. The molecule has 0 saturated carbocycles. The SMILES string of the molecule is O=S.[Ga].[Li]. The van der Waals surface area contributed by atoms with E-state index in [0.29, 0.717) is 0 Å². The summed E-state index contributed by atoms with van der Waals surface area (Å²) < 4.78 is 7.83. The van der Waals surface area contributed by atoms with E-state index in [-0.39, 0.29) is 38.7 Å². The van der Waals surface area contributed by atoms with Crippen molar-refractivity contribution in [1.82, 2.24) is 0 Å². The monoisotopic (exact) mass is 124 g/mol. The quantitative estimate of drug-likeness (QED) is 0.382. The number of rotatable bonds is 0. The maximum Gasteiger partial charge on any atom is 0.197 e. The Labute approximate surface area is 55.3 Å². The average Bonchev–Trinajstić information content (AvgIpc) is 1.00. The summed E-state index contributed by atoms with van der Waals surface area (Å²) in [5.41, 5.74) is 0. The van der Waals surface area contributed by atoms with Gasteiger partial charge in [0.25, 0.3) is 0 Å². The van der Waals surface area contributed by atoms with Gasteiger partial charge < -0.3 is 0 Å². The van der Waals surface area contributed by atoms with E-state index in [9.17, 15) is 0 Å². The van der Waals surface area contributed by atoms with E-state index in [0.717, 1.165) is 0 Å². The normalized spacial score (nSPS) is 1.00. The summed E-state index contributed by atoms with van der Waals surface area (Å²) in [5.74, 6) is 0. The summed E-state index contributed by atoms with van der Waals surface area (Å²) in [6, 6.07) is 0. The van der Waals surface area contributed by atoms with Gasteiger partial charge >= 0.3 is 0 Å². The van der Waals surface area contributed by atoms with Gasteiger partial charge in [0, 0.05) is 38.7 Å². The van der Waals surface area contributed by atoms with Crippen molar-refractivity contribution in [3.63, 3.8) is 0 Å². The maximum absolute atomic E-state index is 7.83. The van der Waals surface area contributed by atoms with Gasteiger partial charge in [-0.3, -0.25) is 0 Å². The average molecular weight is 125 g/mol. The Morgan fingerprint density at radius 2 is 1.25 bits per heavy atom. The summed E-state index contributed by atoms with van der Waals surface area (Å²) in [6.45, 7) is 0. The minimum Gasteiger partial charge on any atom is -0.197 e. The molecule has 0 saturated heterocycles. The summed E-state index contributed by atoms with van der Waals surface area (Å²) >= 11 is 2.83. The fraction of sp³-hybridized carbons (Fsp3) is 0. The van der Waals surface area contributed by atoms with Gasteiger partial charge in [-0.25, -0.2) is 0 Å². The Hall–Kier alpha value is 1.25. The maximum atomic E-state index is 7.83. The van der Waals surface area contributed by atoms with Crippen LogP contribution >= 0.6 is 0 Å². The van der Waals surface area contributed by atoms with Gasteiger partial charge in [-0.2, -0.15) is 4.21 Å². The molecule has 0 aliphatic rings. The van der Waals surface area contributed by atoms with Crippen molar-refractivity contribution in [2.24, 2.45) is 0 Å². The van der Waals surface area contributed by atoms with E-state index in [1.807, 2.05) is 0 Å². The molecular weight excluding hydrogens is 125 g/mol. The van der Waals surface area contributed by atoms with Crippen LogP contribution in [0.15, 0.2) is 0 Å². The van der Waals surface area contributed by atoms with Gasteiger partial charge in [0.05, 0.1) is 0 Å². The molecule has 0 N–H and O–H groups in total. The molecule has 4 heteroatoms. The molecule has 0 aliphatic heterocycles. The van der Waals surface area contributed by atoms with E-state index >= 15 is 0 Å².